The van der Waals surface area contributed by atoms with E-state index < -0.39 is 68.1 Å². The second-order valence-electron chi connectivity index (χ2n) is 9.63. The molecule has 2 unspecified atom stereocenters. The molecule has 3 aliphatic rings. The Morgan fingerprint density at radius 3 is 2.64 bits per heavy atom. The van der Waals surface area contributed by atoms with E-state index in [1.807, 2.05) is 0 Å². The number of ether oxygens (including phenoxy) is 3. The van der Waals surface area contributed by atoms with Gasteiger partial charge in [0.05, 0.1) is 19.3 Å². The van der Waals surface area contributed by atoms with Crippen molar-refractivity contribution in [3.8, 4) is 0 Å². The lowest BCUT2D eigenvalue weighted by molar-refractivity contribution is -0.170. The molecule has 3 fully saturated rings. The first-order valence-electron chi connectivity index (χ1n) is 12.4. The minimum Gasteiger partial charge on any atom is -0.382 e. The van der Waals surface area contributed by atoms with Crippen LogP contribution in [0.3, 0.4) is 0 Å². The Bertz CT molecular complexity index is 1780. The summed E-state index contributed by atoms with van der Waals surface area (Å²) in [4.78, 5) is 37.3. The van der Waals surface area contributed by atoms with Crippen molar-refractivity contribution >= 4 is 52.6 Å². The van der Waals surface area contributed by atoms with E-state index >= 15 is 8.78 Å². The zero-order chi connectivity index (χ0) is 29.3. The molecule has 3 saturated heterocycles. The van der Waals surface area contributed by atoms with Gasteiger partial charge in [-0.1, -0.05) is 10.4 Å². The second kappa shape index (κ2) is 10.1. The maximum absolute atomic E-state index is 15.9. The first-order chi connectivity index (χ1) is 20.1. The van der Waals surface area contributed by atoms with Crippen molar-refractivity contribution in [3.05, 3.63) is 16.7 Å². The van der Waals surface area contributed by atoms with Gasteiger partial charge in [-0.3, -0.25) is 14.3 Å². The summed E-state index contributed by atoms with van der Waals surface area (Å²) in [6.07, 6.45) is -9.42. The number of aromatic amines is 1. The Balaban J connectivity index is 1.17. The maximum atomic E-state index is 15.9. The molecule has 3 aliphatic heterocycles. The smallest absolute Gasteiger partial charge is 0.325 e. The molecule has 0 amide bonds. The van der Waals surface area contributed by atoms with Crippen molar-refractivity contribution in [1.82, 2.24) is 49.9 Å². The molecular weight excluding hydrogens is 609 g/mol. The lowest BCUT2D eigenvalue weighted by Gasteiger charge is -2.27. The molecule has 0 spiro atoms. The van der Waals surface area contributed by atoms with E-state index in [1.54, 1.807) is 0 Å². The second-order valence-corrected chi connectivity index (χ2v) is 12.4. The summed E-state index contributed by atoms with van der Waals surface area (Å²) in [6.45, 7) is -4.82. The van der Waals surface area contributed by atoms with Crippen LogP contribution in [0.5, 0.6) is 0 Å². The molecule has 7 rings (SSSR count). The summed E-state index contributed by atoms with van der Waals surface area (Å²) >= 11 is 5.15. The number of nitrogens with one attached hydrogen (secondary N) is 1. The zero-order valence-corrected chi connectivity index (χ0v) is 22.7. The van der Waals surface area contributed by atoms with Crippen LogP contribution in [0.25, 0.3) is 22.3 Å². The molecule has 0 aromatic carbocycles. The lowest BCUT2D eigenvalue weighted by Crippen LogP contribution is -2.34. The topological polar surface area (TPSA) is 251 Å². The van der Waals surface area contributed by atoms with Crippen LogP contribution >= 0.6 is 6.72 Å². The van der Waals surface area contributed by atoms with E-state index in [-0.39, 0.29) is 47.1 Å². The molecule has 0 saturated carbocycles. The highest BCUT2D eigenvalue weighted by Gasteiger charge is 2.53. The number of anilines is 2. The first kappa shape index (κ1) is 27.5. The number of nitrogens with two attached hydrogens (primary N) is 2. The van der Waals surface area contributed by atoms with Crippen LogP contribution in [0.1, 0.15) is 18.9 Å². The van der Waals surface area contributed by atoms with Crippen LogP contribution in [0.4, 0.5) is 20.5 Å². The van der Waals surface area contributed by atoms with Crippen LogP contribution < -0.4 is 17.0 Å². The van der Waals surface area contributed by atoms with E-state index in [2.05, 4.69) is 40.6 Å². The third-order valence-electron chi connectivity index (χ3n) is 7.12. The van der Waals surface area contributed by atoms with Crippen molar-refractivity contribution in [1.29, 1.82) is 0 Å². The summed E-state index contributed by atoms with van der Waals surface area (Å²) in [5.41, 5.74) is 10.7. The molecule has 19 nitrogen and oxygen atoms in total. The summed E-state index contributed by atoms with van der Waals surface area (Å²) in [5, 5.41) is 15.4. The van der Waals surface area contributed by atoms with Gasteiger partial charge in [0.2, 0.25) is 5.95 Å². The highest BCUT2D eigenvalue weighted by molar-refractivity contribution is 8.07. The summed E-state index contributed by atoms with van der Waals surface area (Å²) < 4.78 is 62.0. The zero-order valence-electron chi connectivity index (χ0n) is 21.0. The summed E-state index contributed by atoms with van der Waals surface area (Å²) in [5.74, 6) is -1.08. The predicted molar refractivity (Wildman–Crippen MR) is 137 cm³/mol. The molecule has 2 bridgehead atoms. The van der Waals surface area contributed by atoms with Crippen LogP contribution in [-0.4, -0.2) is 98.9 Å². The molecule has 9 atom stereocenters. The van der Waals surface area contributed by atoms with Crippen molar-refractivity contribution in [2.45, 2.75) is 49.7 Å². The van der Waals surface area contributed by atoms with Crippen molar-refractivity contribution in [3.63, 3.8) is 0 Å². The highest BCUT2D eigenvalue weighted by atomic mass is 32.5. The van der Waals surface area contributed by atoms with E-state index in [4.69, 9.17) is 46.5 Å². The van der Waals surface area contributed by atoms with Gasteiger partial charge >= 0.3 is 6.72 Å². The van der Waals surface area contributed by atoms with E-state index in [0.29, 0.717) is 0 Å². The Hall–Kier alpha value is -3.37. The van der Waals surface area contributed by atoms with Crippen molar-refractivity contribution in [2.24, 2.45) is 5.92 Å². The number of hydrogen-bond donors (Lipinski definition) is 4. The fraction of sp³-hybridized carbons (Fsp3) is 0.579. The fourth-order valence-corrected chi connectivity index (χ4v) is 6.57. The number of halogens is 2. The maximum Gasteiger partial charge on any atom is 0.325 e. The normalized spacial score (nSPS) is 35.7. The quantitative estimate of drug-likeness (QED) is 0.194. The number of H-pyrrole nitrogens is 1. The van der Waals surface area contributed by atoms with Gasteiger partial charge in [-0.2, -0.15) is 14.3 Å². The number of alkyl halides is 2. The lowest BCUT2D eigenvalue weighted by atomic mass is 9.96. The SMILES string of the molecule is Nc1nc2c(nnn2[C@@H]2OC3OCC[C@H]4[C@H](F)[C@H](n5nnc6c(N)ncnc65)O[C@@H]4COP(O)(=S)O[C@@H]2[C@@H]3F)c(=O)[nH]1. The predicted octanol–water partition coefficient (Wildman–Crippen LogP) is -1.00. The van der Waals surface area contributed by atoms with Crippen molar-refractivity contribution < 1.29 is 36.9 Å². The minimum atomic E-state index is -4.23. The minimum absolute atomic E-state index is 0.0201. The third kappa shape index (κ3) is 4.50. The van der Waals surface area contributed by atoms with Crippen LogP contribution in [0.15, 0.2) is 11.1 Å². The molecule has 7 heterocycles. The molecule has 224 valence electrons. The Labute approximate surface area is 236 Å². The largest absolute Gasteiger partial charge is 0.382 e. The summed E-state index contributed by atoms with van der Waals surface area (Å²) in [6, 6.07) is 0. The number of aromatic nitrogens is 10. The average Bonchev–Trinajstić information content (AvgIpc) is 3.69. The number of hydrogen-bond acceptors (Lipinski definition) is 16. The molecular formula is C19H21F2N12O7PS. The molecule has 4 aromatic rings. The number of nitrogens with zero attached hydrogens (tertiary/aromatic N) is 9. The number of fused-ring (bicyclic) bond motifs is 5. The van der Waals surface area contributed by atoms with Gasteiger partial charge in [-0.05, 0) is 18.2 Å². The third-order valence-corrected chi connectivity index (χ3v) is 8.68. The van der Waals surface area contributed by atoms with Gasteiger partial charge in [0.25, 0.3) is 5.56 Å². The van der Waals surface area contributed by atoms with Gasteiger partial charge in [0.1, 0.15) is 6.33 Å². The highest BCUT2D eigenvalue weighted by Crippen LogP contribution is 2.52. The van der Waals surface area contributed by atoms with Gasteiger partial charge in [-0.25, -0.2) is 18.7 Å². The average molecular weight is 630 g/mol. The van der Waals surface area contributed by atoms with Crippen molar-refractivity contribution in [2.75, 3.05) is 24.7 Å². The molecule has 4 aromatic heterocycles. The van der Waals surface area contributed by atoms with E-state index in [9.17, 15) is 9.69 Å². The monoisotopic (exact) mass is 630 g/mol. The molecule has 6 N–H and O–H groups in total. The van der Waals surface area contributed by atoms with Gasteiger partial charge < -0.3 is 35.1 Å². The molecule has 42 heavy (non-hydrogen) atoms. The first-order valence-corrected chi connectivity index (χ1v) is 15.0. The molecule has 0 radical (unpaired) electrons. The van der Waals surface area contributed by atoms with Gasteiger partial charge in [0.15, 0.2) is 65.3 Å². The Morgan fingerprint density at radius 1 is 1.07 bits per heavy atom. The standard InChI is InChI=1S/C19H21F2N12O7PS/c20-7-5-1-2-36-18-8(21)11(17(39-18)33-14-10(29-31-33)15(34)27-19(23)26-14)40-41(35,42)37-3-6(5)38-16(7)32-13-9(28-30-32)12(22)24-4-25-13/h4-8,11,16-18H,1-3H2,(H,35,42)(H2,22,24,25)(H3,23,26,27,34)/t5-,6-,7+,8+,11-,16-,17-,18?,41?/m1/s1. The van der Waals surface area contributed by atoms with Crippen LogP contribution in [-0.2, 0) is 35.1 Å². The summed E-state index contributed by atoms with van der Waals surface area (Å²) in [7, 11) is 0. The van der Waals surface area contributed by atoms with E-state index in [1.165, 1.54) is 6.33 Å². The van der Waals surface area contributed by atoms with Gasteiger partial charge in [0, 0.05) is 5.92 Å². The molecule has 23 heteroatoms. The fourth-order valence-electron chi connectivity index (χ4n) is 5.17. The van der Waals surface area contributed by atoms with Gasteiger partial charge in [-0.15, -0.1) is 10.2 Å². The number of nitrogen functional groups attached to an aromatic ring is 2. The Morgan fingerprint density at radius 2 is 1.83 bits per heavy atom. The van der Waals surface area contributed by atoms with Crippen LogP contribution in [0, 0.1) is 5.92 Å². The van der Waals surface area contributed by atoms with E-state index in [0.717, 1.165) is 9.36 Å². The number of rotatable bonds is 2. The molecule has 0 aliphatic carbocycles. The van der Waals surface area contributed by atoms with Crippen LogP contribution in [0.2, 0.25) is 0 Å². The Kier molecular flexibility index (Phi) is 6.62.